The van der Waals surface area contributed by atoms with Gasteiger partial charge in [0.15, 0.2) is 0 Å². The minimum Gasteiger partial charge on any atom is -0.442 e. The van der Waals surface area contributed by atoms with Crippen LogP contribution in [0.3, 0.4) is 0 Å². The van der Waals surface area contributed by atoms with E-state index in [4.69, 9.17) is 4.74 Å². The van der Waals surface area contributed by atoms with Crippen LogP contribution in [-0.2, 0) is 4.74 Å². The number of hydrogen-bond donors (Lipinski definition) is 1. The first-order chi connectivity index (χ1) is 8.46. The van der Waals surface area contributed by atoms with E-state index in [-0.39, 0.29) is 0 Å². The largest absolute Gasteiger partial charge is 0.442 e. The van der Waals surface area contributed by atoms with Crippen molar-refractivity contribution in [2.45, 2.75) is 32.8 Å². The molecule has 0 bridgehead atoms. The summed E-state index contributed by atoms with van der Waals surface area (Å²) in [4.78, 5) is 15.5. The van der Waals surface area contributed by atoms with Gasteiger partial charge in [0.05, 0.1) is 18.0 Å². The second kappa shape index (κ2) is 4.67. The number of hydrogen-bond acceptors (Lipinski definition) is 6. The lowest BCUT2D eigenvalue weighted by Gasteiger charge is -2.17. The highest BCUT2D eigenvalue weighted by molar-refractivity contribution is 6.71. The number of nitrogens with zero attached hydrogens (tertiary/aromatic N) is 4. The lowest BCUT2D eigenvalue weighted by atomic mass is 10.1. The number of hydrazone groups is 1. The predicted octanol–water partition coefficient (Wildman–Crippen LogP) is 1.15. The monoisotopic (exact) mass is 249 g/mol. The number of nitrogens with one attached hydrogen (secondary N) is 1. The molecule has 2 rings (SSSR count). The molecule has 1 N–H and O–H groups in total. The Morgan fingerprint density at radius 2 is 2.28 bits per heavy atom. The number of carbonyl (C=O) groups excluding carboxylic acids is 1. The first-order valence-corrected chi connectivity index (χ1v) is 5.66. The molecule has 2 heterocycles. The highest BCUT2D eigenvalue weighted by Crippen LogP contribution is 2.09. The SMILES string of the molecule is CC(C)(C)OC(=O)/N=C1\CNN=C1C1=NN=CC1. The number of rotatable bonds is 1. The molecule has 0 aromatic heterocycles. The molecule has 0 saturated heterocycles. The summed E-state index contributed by atoms with van der Waals surface area (Å²) in [5.41, 5.74) is 4.05. The third-order valence-electron chi connectivity index (χ3n) is 2.15. The molecule has 2 aliphatic rings. The van der Waals surface area contributed by atoms with Gasteiger partial charge in [-0.3, -0.25) is 0 Å². The molecule has 0 saturated carbocycles. The van der Waals surface area contributed by atoms with E-state index in [9.17, 15) is 4.79 Å². The summed E-state index contributed by atoms with van der Waals surface area (Å²) in [7, 11) is 0. The second-order valence-corrected chi connectivity index (χ2v) is 4.88. The van der Waals surface area contributed by atoms with E-state index >= 15 is 0 Å². The van der Waals surface area contributed by atoms with E-state index in [2.05, 4.69) is 25.7 Å². The molecule has 0 fully saturated rings. The first kappa shape index (κ1) is 12.4. The van der Waals surface area contributed by atoms with Crippen molar-refractivity contribution in [2.75, 3.05) is 6.54 Å². The molecule has 0 atom stereocenters. The molecule has 18 heavy (non-hydrogen) atoms. The average Bonchev–Trinajstić information content (AvgIpc) is 2.82. The van der Waals surface area contributed by atoms with Crippen LogP contribution in [0.4, 0.5) is 4.79 Å². The molecule has 0 radical (unpaired) electrons. The topological polar surface area (TPSA) is 87.8 Å². The van der Waals surface area contributed by atoms with Crippen LogP contribution in [0.25, 0.3) is 0 Å². The van der Waals surface area contributed by atoms with Gasteiger partial charge in [-0.1, -0.05) is 0 Å². The van der Waals surface area contributed by atoms with Crippen LogP contribution < -0.4 is 5.43 Å². The van der Waals surface area contributed by atoms with Gasteiger partial charge in [-0.25, -0.2) is 4.79 Å². The Morgan fingerprint density at radius 1 is 1.50 bits per heavy atom. The smallest absolute Gasteiger partial charge is 0.434 e. The van der Waals surface area contributed by atoms with Crippen LogP contribution in [0.1, 0.15) is 27.2 Å². The molecule has 96 valence electrons. The van der Waals surface area contributed by atoms with Crippen molar-refractivity contribution in [2.24, 2.45) is 20.3 Å². The van der Waals surface area contributed by atoms with Crippen LogP contribution in [0.2, 0.25) is 0 Å². The Morgan fingerprint density at radius 3 is 2.89 bits per heavy atom. The third-order valence-corrected chi connectivity index (χ3v) is 2.15. The lowest BCUT2D eigenvalue weighted by molar-refractivity contribution is 0.0604. The zero-order valence-electron chi connectivity index (χ0n) is 10.6. The van der Waals surface area contributed by atoms with E-state index < -0.39 is 11.7 Å². The zero-order chi connectivity index (χ0) is 13.2. The molecule has 0 aromatic rings. The minimum absolute atomic E-state index is 0.396. The van der Waals surface area contributed by atoms with E-state index in [1.807, 2.05) is 0 Å². The molecule has 2 aliphatic heterocycles. The molecule has 7 heteroatoms. The van der Waals surface area contributed by atoms with E-state index in [1.54, 1.807) is 27.0 Å². The molecule has 0 aliphatic carbocycles. The van der Waals surface area contributed by atoms with Gasteiger partial charge < -0.3 is 10.2 Å². The number of amides is 1. The van der Waals surface area contributed by atoms with Gasteiger partial charge in [0.1, 0.15) is 11.3 Å². The molecular weight excluding hydrogens is 234 g/mol. The van der Waals surface area contributed by atoms with Crippen molar-refractivity contribution in [1.29, 1.82) is 0 Å². The molecule has 0 spiro atoms. The number of aliphatic imine (C=N–C) groups is 1. The average molecular weight is 249 g/mol. The maximum absolute atomic E-state index is 11.6. The van der Waals surface area contributed by atoms with Crippen molar-refractivity contribution in [1.82, 2.24) is 5.43 Å². The molecule has 1 amide bonds. The highest BCUT2D eigenvalue weighted by Gasteiger charge is 2.24. The Hall–Kier alpha value is -2.05. The van der Waals surface area contributed by atoms with Gasteiger partial charge >= 0.3 is 6.09 Å². The Kier molecular flexibility index (Phi) is 3.22. The summed E-state index contributed by atoms with van der Waals surface area (Å²) < 4.78 is 5.13. The van der Waals surface area contributed by atoms with Crippen molar-refractivity contribution < 1.29 is 9.53 Å². The Labute approximate surface area is 105 Å². The molecule has 7 nitrogen and oxygen atoms in total. The van der Waals surface area contributed by atoms with Crippen LogP contribution in [0.15, 0.2) is 20.3 Å². The summed E-state index contributed by atoms with van der Waals surface area (Å²) in [5, 5.41) is 11.8. The van der Waals surface area contributed by atoms with Crippen LogP contribution in [0, 0.1) is 0 Å². The molecule has 0 unspecified atom stereocenters. The number of ether oxygens (including phenoxy) is 1. The summed E-state index contributed by atoms with van der Waals surface area (Å²) in [6.45, 7) is 5.78. The quantitative estimate of drug-likeness (QED) is 0.756. The second-order valence-electron chi connectivity index (χ2n) is 4.88. The van der Waals surface area contributed by atoms with Crippen molar-refractivity contribution in [3.8, 4) is 0 Å². The van der Waals surface area contributed by atoms with Gasteiger partial charge in [0, 0.05) is 12.6 Å². The third kappa shape index (κ3) is 2.99. The normalized spacial score (nSPS) is 20.7. The fourth-order valence-electron chi connectivity index (χ4n) is 1.48. The van der Waals surface area contributed by atoms with Crippen molar-refractivity contribution in [3.05, 3.63) is 0 Å². The fraction of sp³-hybridized carbons (Fsp3) is 0.545. The number of carbonyl (C=O) groups is 1. The Bertz CT molecular complexity index is 482. The molecule has 0 aromatic carbocycles. The van der Waals surface area contributed by atoms with Gasteiger partial charge in [0.2, 0.25) is 0 Å². The van der Waals surface area contributed by atoms with Crippen LogP contribution in [0.5, 0.6) is 0 Å². The van der Waals surface area contributed by atoms with E-state index in [0.29, 0.717) is 30.1 Å². The summed E-state index contributed by atoms with van der Waals surface area (Å²) in [6.07, 6.45) is 1.67. The summed E-state index contributed by atoms with van der Waals surface area (Å²) >= 11 is 0. The van der Waals surface area contributed by atoms with Gasteiger partial charge in [-0.05, 0) is 20.8 Å². The van der Waals surface area contributed by atoms with E-state index in [1.165, 1.54) is 0 Å². The van der Waals surface area contributed by atoms with Crippen molar-refractivity contribution in [3.63, 3.8) is 0 Å². The summed E-state index contributed by atoms with van der Waals surface area (Å²) in [6, 6.07) is 0. The van der Waals surface area contributed by atoms with Crippen molar-refractivity contribution >= 4 is 29.4 Å². The van der Waals surface area contributed by atoms with Gasteiger partial charge in [0.25, 0.3) is 0 Å². The highest BCUT2D eigenvalue weighted by atomic mass is 16.6. The maximum Gasteiger partial charge on any atom is 0.434 e. The van der Waals surface area contributed by atoms with Crippen LogP contribution >= 0.6 is 0 Å². The molecular formula is C11H15N5O2. The summed E-state index contributed by atoms with van der Waals surface area (Å²) in [5.74, 6) is 0. The van der Waals surface area contributed by atoms with Crippen LogP contribution in [-0.4, -0.2) is 41.6 Å². The first-order valence-electron chi connectivity index (χ1n) is 5.66. The zero-order valence-corrected chi connectivity index (χ0v) is 10.6. The Balaban J connectivity index is 2.09. The fourth-order valence-corrected chi connectivity index (χ4v) is 1.48. The predicted molar refractivity (Wildman–Crippen MR) is 69.7 cm³/mol. The van der Waals surface area contributed by atoms with Gasteiger partial charge in [-0.2, -0.15) is 20.3 Å². The lowest BCUT2D eigenvalue weighted by Crippen LogP contribution is -2.27. The maximum atomic E-state index is 11.6. The minimum atomic E-state index is -0.617. The van der Waals surface area contributed by atoms with Gasteiger partial charge in [-0.15, -0.1) is 0 Å². The standard InChI is InChI=1S/C11H15N5O2/c1-11(2,3)18-10(17)14-8-6-13-16-9(8)7-4-5-12-15-7/h5,13H,4,6H2,1-3H3/b14-8+. The van der Waals surface area contributed by atoms with E-state index in [0.717, 1.165) is 0 Å².